The van der Waals surface area contributed by atoms with Gasteiger partial charge in [0.25, 0.3) is 0 Å². The lowest BCUT2D eigenvalue weighted by atomic mass is 9.60. The van der Waals surface area contributed by atoms with Crippen molar-refractivity contribution in [2.24, 2.45) is 16.7 Å². The van der Waals surface area contributed by atoms with Crippen molar-refractivity contribution in [1.29, 1.82) is 0 Å². The quantitative estimate of drug-likeness (QED) is 0.585. The Morgan fingerprint density at radius 3 is 2.59 bits per heavy atom. The Bertz CT molecular complexity index is 774. The monoisotopic (exact) mass is 398 g/mol. The van der Waals surface area contributed by atoms with Gasteiger partial charge in [-0.25, -0.2) is 0 Å². The second-order valence-corrected chi connectivity index (χ2v) is 11.0. The topological polar surface area (TPSA) is 60.7 Å². The predicted molar refractivity (Wildman–Crippen MR) is 117 cm³/mol. The summed E-state index contributed by atoms with van der Waals surface area (Å²) in [5, 5.41) is 30.6. The molecular formula is C26H38O3. The van der Waals surface area contributed by atoms with Gasteiger partial charge in [-0.3, -0.25) is 0 Å². The van der Waals surface area contributed by atoms with Gasteiger partial charge in [0, 0.05) is 6.42 Å². The first-order valence-corrected chi connectivity index (χ1v) is 11.4. The first kappa shape index (κ1) is 21.1. The smallest absolute Gasteiger partial charge is 0.0811 e. The summed E-state index contributed by atoms with van der Waals surface area (Å²) in [5.41, 5.74) is 4.66. The number of hydrogen-bond acceptors (Lipinski definition) is 3. The summed E-state index contributed by atoms with van der Waals surface area (Å²) >= 11 is 0. The van der Waals surface area contributed by atoms with Crippen LogP contribution in [-0.2, 0) is 0 Å². The van der Waals surface area contributed by atoms with Crippen molar-refractivity contribution < 1.29 is 15.3 Å². The van der Waals surface area contributed by atoms with Gasteiger partial charge in [0.1, 0.15) is 0 Å². The summed E-state index contributed by atoms with van der Waals surface area (Å²) < 4.78 is 0. The average molecular weight is 399 g/mol. The van der Waals surface area contributed by atoms with E-state index in [1.54, 1.807) is 5.57 Å². The molecule has 0 bridgehead atoms. The van der Waals surface area contributed by atoms with Gasteiger partial charge in [-0.15, -0.1) is 0 Å². The summed E-state index contributed by atoms with van der Waals surface area (Å²) in [6.45, 7) is 10.4. The fourth-order valence-electron chi connectivity index (χ4n) is 6.63. The molecule has 29 heavy (non-hydrogen) atoms. The normalized spacial score (nSPS) is 39.6. The largest absolute Gasteiger partial charge is 0.393 e. The molecule has 3 saturated carbocycles. The van der Waals surface area contributed by atoms with Gasteiger partial charge >= 0.3 is 0 Å². The molecule has 0 saturated heterocycles. The summed E-state index contributed by atoms with van der Waals surface area (Å²) in [6, 6.07) is 0. The minimum atomic E-state index is -0.628. The molecule has 0 amide bonds. The molecule has 0 aromatic carbocycles. The molecule has 0 aromatic heterocycles. The van der Waals surface area contributed by atoms with E-state index in [9.17, 15) is 15.3 Å². The molecule has 3 heteroatoms. The molecule has 0 spiro atoms. The van der Waals surface area contributed by atoms with E-state index >= 15 is 0 Å². The van der Waals surface area contributed by atoms with E-state index in [4.69, 9.17) is 0 Å². The summed E-state index contributed by atoms with van der Waals surface area (Å²) in [7, 11) is 0. The molecule has 3 nitrogen and oxygen atoms in total. The molecule has 4 aliphatic carbocycles. The van der Waals surface area contributed by atoms with Crippen LogP contribution in [0.5, 0.6) is 0 Å². The van der Waals surface area contributed by atoms with Crippen molar-refractivity contribution in [3.63, 3.8) is 0 Å². The number of hydrogen-bond donors (Lipinski definition) is 3. The van der Waals surface area contributed by atoms with Gasteiger partial charge in [-0.2, -0.15) is 0 Å². The Kier molecular flexibility index (Phi) is 5.25. The number of aliphatic hydroxyl groups excluding tert-OH is 2. The van der Waals surface area contributed by atoms with Crippen LogP contribution in [0.2, 0.25) is 0 Å². The standard InChI is InChI=1S/C26H38O3/c1-17-19(14-20(27)15-22(17)28)8-7-18-6-5-11-25(4)21(18)9-10-23(25)26(12-13-26)16-24(2,3)29/h7-8,10,20-22,27-29H,1,5-6,9,11-16H2,2-4H3/b18-7+,19-8-/t20?,21?,22-,25-/m0/s1. The van der Waals surface area contributed by atoms with Crippen molar-refractivity contribution in [1.82, 2.24) is 0 Å². The second kappa shape index (κ2) is 7.21. The van der Waals surface area contributed by atoms with E-state index in [0.29, 0.717) is 18.8 Å². The lowest BCUT2D eigenvalue weighted by molar-refractivity contribution is 0.0482. The van der Waals surface area contributed by atoms with Crippen LogP contribution < -0.4 is 0 Å². The number of allylic oxidation sites excluding steroid dienone is 5. The molecule has 0 heterocycles. The summed E-state index contributed by atoms with van der Waals surface area (Å²) in [4.78, 5) is 0. The third-order valence-corrected chi connectivity index (χ3v) is 8.01. The van der Waals surface area contributed by atoms with E-state index in [2.05, 4.69) is 31.7 Å². The molecule has 3 fully saturated rings. The van der Waals surface area contributed by atoms with Gasteiger partial charge in [0.15, 0.2) is 0 Å². The zero-order valence-corrected chi connectivity index (χ0v) is 18.4. The first-order chi connectivity index (χ1) is 13.5. The maximum Gasteiger partial charge on any atom is 0.0811 e. The molecule has 4 aliphatic rings. The SMILES string of the molecule is C=C1/C(=C\C=C2/CCC[C@]3(C)C(C4(CC(C)(C)O)CC4)=CCC23)CC(O)C[C@@H]1O. The third-order valence-electron chi connectivity index (χ3n) is 8.01. The zero-order valence-electron chi connectivity index (χ0n) is 18.4. The third kappa shape index (κ3) is 3.94. The average Bonchev–Trinajstić information content (AvgIpc) is 3.26. The summed E-state index contributed by atoms with van der Waals surface area (Å²) in [5.74, 6) is 0.536. The zero-order chi connectivity index (χ0) is 21.0. The predicted octanol–water partition coefficient (Wildman–Crippen LogP) is 4.99. The highest BCUT2D eigenvalue weighted by Gasteiger charge is 2.57. The molecule has 3 N–H and O–H groups in total. The molecular weight excluding hydrogens is 360 g/mol. The Balaban J connectivity index is 1.57. The van der Waals surface area contributed by atoms with E-state index in [1.165, 1.54) is 31.3 Å². The lowest BCUT2D eigenvalue weighted by Gasteiger charge is -2.44. The van der Waals surface area contributed by atoms with Crippen LogP contribution in [-0.4, -0.2) is 33.1 Å². The fourth-order valence-corrected chi connectivity index (χ4v) is 6.63. The van der Waals surface area contributed by atoms with Gasteiger partial charge in [-0.1, -0.05) is 42.9 Å². The first-order valence-electron chi connectivity index (χ1n) is 11.4. The van der Waals surface area contributed by atoms with Crippen LogP contribution in [0.25, 0.3) is 0 Å². The van der Waals surface area contributed by atoms with Crippen LogP contribution >= 0.6 is 0 Å². The van der Waals surface area contributed by atoms with Crippen molar-refractivity contribution in [3.8, 4) is 0 Å². The van der Waals surface area contributed by atoms with E-state index in [0.717, 1.165) is 30.4 Å². The van der Waals surface area contributed by atoms with Crippen LogP contribution in [0.1, 0.15) is 78.6 Å². The molecule has 0 aliphatic heterocycles. The van der Waals surface area contributed by atoms with E-state index in [-0.39, 0.29) is 10.8 Å². The number of fused-ring (bicyclic) bond motifs is 1. The van der Waals surface area contributed by atoms with Gasteiger partial charge in [-0.05, 0) is 93.1 Å². The molecule has 160 valence electrons. The second-order valence-electron chi connectivity index (χ2n) is 11.0. The molecule has 4 rings (SSSR count). The highest BCUT2D eigenvalue weighted by Crippen LogP contribution is 2.68. The Morgan fingerprint density at radius 1 is 1.21 bits per heavy atom. The van der Waals surface area contributed by atoms with Crippen LogP contribution in [0, 0.1) is 16.7 Å². The maximum atomic E-state index is 10.5. The Labute approximate surface area is 175 Å². The molecule has 0 radical (unpaired) electrons. The van der Waals surface area contributed by atoms with Crippen molar-refractivity contribution >= 4 is 0 Å². The minimum absolute atomic E-state index is 0.201. The van der Waals surface area contributed by atoms with Crippen molar-refractivity contribution in [3.05, 3.63) is 47.1 Å². The maximum absolute atomic E-state index is 10.5. The van der Waals surface area contributed by atoms with E-state index in [1.807, 2.05) is 13.8 Å². The van der Waals surface area contributed by atoms with Crippen LogP contribution in [0.15, 0.2) is 47.1 Å². The molecule has 0 aromatic rings. The fraction of sp³-hybridized carbons (Fsp3) is 0.692. The summed E-state index contributed by atoms with van der Waals surface area (Å²) in [6.07, 6.45) is 14.7. The lowest BCUT2D eigenvalue weighted by Crippen LogP contribution is -2.35. The molecule has 2 unspecified atom stereocenters. The van der Waals surface area contributed by atoms with Gasteiger partial charge in [0.2, 0.25) is 0 Å². The van der Waals surface area contributed by atoms with Gasteiger partial charge in [0.05, 0.1) is 17.8 Å². The molecule has 4 atom stereocenters. The minimum Gasteiger partial charge on any atom is -0.393 e. The number of rotatable bonds is 4. The van der Waals surface area contributed by atoms with Gasteiger partial charge < -0.3 is 15.3 Å². The van der Waals surface area contributed by atoms with Crippen LogP contribution in [0.3, 0.4) is 0 Å². The Morgan fingerprint density at radius 2 is 1.93 bits per heavy atom. The van der Waals surface area contributed by atoms with Crippen molar-refractivity contribution in [2.75, 3.05) is 0 Å². The van der Waals surface area contributed by atoms with Crippen molar-refractivity contribution in [2.45, 2.75) is 96.4 Å². The highest BCUT2D eigenvalue weighted by atomic mass is 16.3. The van der Waals surface area contributed by atoms with E-state index < -0.39 is 17.8 Å². The number of aliphatic hydroxyl groups is 3. The Hall–Kier alpha value is -1.16. The van der Waals surface area contributed by atoms with Crippen LogP contribution in [0.4, 0.5) is 0 Å². The highest BCUT2D eigenvalue weighted by molar-refractivity contribution is 5.42.